The first kappa shape index (κ1) is 15.0. The van der Waals surface area contributed by atoms with Gasteiger partial charge in [0.05, 0.1) is 7.11 Å². The highest BCUT2D eigenvalue weighted by molar-refractivity contribution is 5.78. The van der Waals surface area contributed by atoms with Gasteiger partial charge in [-0.1, -0.05) is 24.3 Å². The van der Waals surface area contributed by atoms with Gasteiger partial charge < -0.3 is 9.47 Å². The van der Waals surface area contributed by atoms with Crippen molar-refractivity contribution in [2.75, 3.05) is 13.7 Å². The summed E-state index contributed by atoms with van der Waals surface area (Å²) in [5.41, 5.74) is 0.181. The molecule has 0 fully saturated rings. The van der Waals surface area contributed by atoms with E-state index in [1.54, 1.807) is 12.1 Å². The van der Waals surface area contributed by atoms with Gasteiger partial charge in [-0.3, -0.25) is 4.79 Å². The lowest BCUT2D eigenvalue weighted by molar-refractivity contribution is -0.143. The molecule has 0 aliphatic rings. The van der Waals surface area contributed by atoms with E-state index in [-0.39, 0.29) is 17.9 Å². The normalized spacial score (nSPS) is 11.8. The fraction of sp³-hybridized carbons (Fsp3) is 0.188. The molecular weight excluding hydrogens is 278 g/mol. The minimum absolute atomic E-state index is 0.142. The van der Waals surface area contributed by atoms with Crippen molar-refractivity contribution in [2.24, 2.45) is 0 Å². The molecule has 0 N–H and O–H groups in total. The number of rotatable bonds is 5. The Labute approximate surface area is 121 Å². The molecule has 110 valence electrons. The van der Waals surface area contributed by atoms with Gasteiger partial charge in [-0.05, 0) is 18.2 Å². The molecule has 21 heavy (non-hydrogen) atoms. The number of halogens is 2. The monoisotopic (exact) mass is 292 g/mol. The van der Waals surface area contributed by atoms with Crippen molar-refractivity contribution in [1.82, 2.24) is 0 Å². The topological polar surface area (TPSA) is 35.5 Å². The van der Waals surface area contributed by atoms with E-state index < -0.39 is 23.5 Å². The van der Waals surface area contributed by atoms with Crippen LogP contribution in [0.1, 0.15) is 11.5 Å². The van der Waals surface area contributed by atoms with Crippen molar-refractivity contribution in [3.63, 3.8) is 0 Å². The second kappa shape index (κ2) is 6.83. The minimum Gasteiger partial charge on any atom is -0.492 e. The third-order valence-electron chi connectivity index (χ3n) is 2.98. The van der Waals surface area contributed by atoms with Crippen LogP contribution in [0.5, 0.6) is 5.75 Å². The number of esters is 1. The number of hydrogen-bond acceptors (Lipinski definition) is 3. The molecule has 0 amide bonds. The smallest absolute Gasteiger partial charge is 0.316 e. The number of methoxy groups -OCH3 is 1. The SMILES string of the molecule is COC(=O)C(COc1cccc(F)c1)c1ccccc1F. The van der Waals surface area contributed by atoms with E-state index >= 15 is 0 Å². The van der Waals surface area contributed by atoms with Crippen LogP contribution in [0.25, 0.3) is 0 Å². The molecule has 1 atom stereocenters. The zero-order chi connectivity index (χ0) is 15.2. The number of carbonyl (C=O) groups is 1. The zero-order valence-corrected chi connectivity index (χ0v) is 11.4. The summed E-state index contributed by atoms with van der Waals surface area (Å²) in [4.78, 5) is 11.8. The van der Waals surface area contributed by atoms with Crippen molar-refractivity contribution < 1.29 is 23.0 Å². The van der Waals surface area contributed by atoms with Crippen LogP contribution in [0.15, 0.2) is 48.5 Å². The molecule has 3 nitrogen and oxygen atoms in total. The van der Waals surface area contributed by atoms with Gasteiger partial charge in [0.25, 0.3) is 0 Å². The fourth-order valence-electron chi connectivity index (χ4n) is 1.92. The Bertz CT molecular complexity index is 628. The van der Waals surface area contributed by atoms with Crippen LogP contribution in [-0.4, -0.2) is 19.7 Å². The van der Waals surface area contributed by atoms with Crippen molar-refractivity contribution in [3.05, 3.63) is 65.7 Å². The molecule has 2 rings (SSSR count). The van der Waals surface area contributed by atoms with E-state index in [1.165, 1.54) is 43.5 Å². The molecule has 0 heterocycles. The highest BCUT2D eigenvalue weighted by Gasteiger charge is 2.25. The van der Waals surface area contributed by atoms with Gasteiger partial charge in [-0.2, -0.15) is 0 Å². The standard InChI is InChI=1S/C16H14F2O3/c1-20-16(19)14(13-7-2-3-8-15(13)18)10-21-12-6-4-5-11(17)9-12/h2-9,14H,10H2,1H3. The molecule has 2 aromatic rings. The van der Waals surface area contributed by atoms with Gasteiger partial charge in [-0.25, -0.2) is 8.78 Å². The van der Waals surface area contributed by atoms with Crippen molar-refractivity contribution in [3.8, 4) is 5.75 Å². The number of benzene rings is 2. The van der Waals surface area contributed by atoms with E-state index in [0.717, 1.165) is 0 Å². The van der Waals surface area contributed by atoms with E-state index in [9.17, 15) is 13.6 Å². The Hall–Kier alpha value is -2.43. The third kappa shape index (κ3) is 3.78. The highest BCUT2D eigenvalue weighted by Crippen LogP contribution is 2.22. The average Bonchev–Trinajstić information content (AvgIpc) is 2.49. The quantitative estimate of drug-likeness (QED) is 0.793. The molecule has 1 unspecified atom stereocenters. The lowest BCUT2D eigenvalue weighted by Gasteiger charge is -2.16. The Balaban J connectivity index is 2.18. The predicted molar refractivity (Wildman–Crippen MR) is 73.1 cm³/mol. The zero-order valence-electron chi connectivity index (χ0n) is 11.4. The Morgan fingerprint density at radius 1 is 1.14 bits per heavy atom. The van der Waals surface area contributed by atoms with Crippen molar-refractivity contribution in [1.29, 1.82) is 0 Å². The first-order valence-corrected chi connectivity index (χ1v) is 6.32. The minimum atomic E-state index is -0.917. The lowest BCUT2D eigenvalue weighted by Crippen LogP contribution is -2.22. The van der Waals surface area contributed by atoms with Gasteiger partial charge in [0, 0.05) is 11.6 Å². The van der Waals surface area contributed by atoms with Gasteiger partial charge in [0.1, 0.15) is 29.9 Å². The van der Waals surface area contributed by atoms with Crippen LogP contribution in [0.2, 0.25) is 0 Å². The van der Waals surface area contributed by atoms with Crippen molar-refractivity contribution >= 4 is 5.97 Å². The van der Waals surface area contributed by atoms with Crippen molar-refractivity contribution in [2.45, 2.75) is 5.92 Å². The molecule has 2 aromatic carbocycles. The highest BCUT2D eigenvalue weighted by atomic mass is 19.1. The summed E-state index contributed by atoms with van der Waals surface area (Å²) in [5.74, 6) is -2.24. The van der Waals surface area contributed by atoms with Gasteiger partial charge in [0.2, 0.25) is 0 Å². The second-order valence-electron chi connectivity index (χ2n) is 4.37. The molecule has 5 heteroatoms. The Morgan fingerprint density at radius 3 is 2.57 bits per heavy atom. The van der Waals surface area contributed by atoms with Crippen LogP contribution in [0.4, 0.5) is 8.78 Å². The predicted octanol–water partition coefficient (Wildman–Crippen LogP) is 3.30. The van der Waals surface area contributed by atoms with E-state index in [0.29, 0.717) is 0 Å². The average molecular weight is 292 g/mol. The van der Waals surface area contributed by atoms with Gasteiger partial charge in [-0.15, -0.1) is 0 Å². The summed E-state index contributed by atoms with van der Waals surface area (Å²) in [6.45, 7) is -0.142. The van der Waals surface area contributed by atoms with E-state index in [1.807, 2.05) is 0 Å². The van der Waals surface area contributed by atoms with E-state index in [4.69, 9.17) is 4.74 Å². The number of carbonyl (C=O) groups excluding carboxylic acids is 1. The molecule has 0 aromatic heterocycles. The molecule has 0 radical (unpaired) electrons. The maximum atomic E-state index is 13.8. The molecule has 0 saturated heterocycles. The third-order valence-corrected chi connectivity index (χ3v) is 2.98. The van der Waals surface area contributed by atoms with Crippen LogP contribution < -0.4 is 4.74 Å². The molecule has 0 spiro atoms. The second-order valence-corrected chi connectivity index (χ2v) is 4.37. The summed E-state index contributed by atoms with van der Waals surface area (Å²) in [7, 11) is 1.22. The molecule has 0 aliphatic heterocycles. The van der Waals surface area contributed by atoms with E-state index in [2.05, 4.69) is 4.74 Å². The maximum Gasteiger partial charge on any atom is 0.316 e. The number of hydrogen-bond donors (Lipinski definition) is 0. The Kier molecular flexibility index (Phi) is 4.87. The molecule has 0 bridgehead atoms. The molecule has 0 aliphatic carbocycles. The van der Waals surface area contributed by atoms with Crippen LogP contribution in [0.3, 0.4) is 0 Å². The number of ether oxygens (including phenoxy) is 2. The fourth-order valence-corrected chi connectivity index (χ4v) is 1.92. The first-order chi connectivity index (χ1) is 10.1. The summed E-state index contributed by atoms with van der Waals surface area (Å²) in [6, 6.07) is 11.4. The largest absolute Gasteiger partial charge is 0.492 e. The molecular formula is C16H14F2O3. The maximum absolute atomic E-state index is 13.8. The van der Waals surface area contributed by atoms with Crippen LogP contribution in [-0.2, 0) is 9.53 Å². The molecule has 0 saturated carbocycles. The lowest BCUT2D eigenvalue weighted by atomic mass is 9.99. The van der Waals surface area contributed by atoms with Gasteiger partial charge in [0.15, 0.2) is 0 Å². The summed E-state index contributed by atoms with van der Waals surface area (Å²) in [6.07, 6.45) is 0. The summed E-state index contributed by atoms with van der Waals surface area (Å²) in [5, 5.41) is 0. The van der Waals surface area contributed by atoms with Crippen LogP contribution in [0, 0.1) is 11.6 Å². The Morgan fingerprint density at radius 2 is 1.90 bits per heavy atom. The first-order valence-electron chi connectivity index (χ1n) is 6.32. The summed E-state index contributed by atoms with van der Waals surface area (Å²) >= 11 is 0. The van der Waals surface area contributed by atoms with Gasteiger partial charge >= 0.3 is 5.97 Å². The summed E-state index contributed by atoms with van der Waals surface area (Å²) < 4.78 is 36.9. The van der Waals surface area contributed by atoms with Crippen LogP contribution >= 0.6 is 0 Å².